The number of guanidine groups is 1. The second-order valence-electron chi connectivity index (χ2n) is 7.28. The summed E-state index contributed by atoms with van der Waals surface area (Å²) >= 11 is 0. The van der Waals surface area contributed by atoms with E-state index in [-0.39, 0.29) is 5.91 Å². The van der Waals surface area contributed by atoms with Crippen LogP contribution in [0.25, 0.3) is 6.08 Å². The molecule has 2 aromatic rings. The number of amides is 1. The number of benzene rings is 2. The molecule has 0 spiro atoms. The summed E-state index contributed by atoms with van der Waals surface area (Å²) in [6.07, 6.45) is 4.41. The fourth-order valence-corrected chi connectivity index (χ4v) is 3.52. The van der Waals surface area contributed by atoms with Gasteiger partial charge in [0.2, 0.25) is 0 Å². The van der Waals surface area contributed by atoms with Crippen LogP contribution in [0.4, 0.5) is 0 Å². The molecule has 0 unspecified atom stereocenters. The molecule has 0 saturated carbocycles. The highest BCUT2D eigenvalue weighted by Gasteiger charge is 2.18. The van der Waals surface area contributed by atoms with Crippen molar-refractivity contribution in [1.82, 2.24) is 20.4 Å². The van der Waals surface area contributed by atoms with E-state index in [0.717, 1.165) is 44.2 Å². The van der Waals surface area contributed by atoms with E-state index in [9.17, 15) is 4.79 Å². The molecule has 1 saturated heterocycles. The first kappa shape index (κ1) is 21.6. The summed E-state index contributed by atoms with van der Waals surface area (Å²) in [5.74, 6) is 0.832. The third-order valence-corrected chi connectivity index (χ3v) is 5.22. The van der Waals surface area contributed by atoms with E-state index in [1.54, 1.807) is 7.05 Å². The van der Waals surface area contributed by atoms with Crippen molar-refractivity contribution in [2.45, 2.75) is 6.54 Å². The van der Waals surface area contributed by atoms with Gasteiger partial charge in [0.15, 0.2) is 5.96 Å². The molecule has 6 heteroatoms. The molecule has 0 bridgehead atoms. The van der Waals surface area contributed by atoms with Crippen molar-refractivity contribution in [2.24, 2.45) is 4.99 Å². The van der Waals surface area contributed by atoms with E-state index in [4.69, 9.17) is 0 Å². The lowest BCUT2D eigenvalue weighted by atomic mass is 10.1. The highest BCUT2D eigenvalue weighted by Crippen LogP contribution is 2.07. The zero-order chi connectivity index (χ0) is 21.2. The van der Waals surface area contributed by atoms with Gasteiger partial charge in [-0.3, -0.25) is 14.7 Å². The zero-order valence-electron chi connectivity index (χ0n) is 17.8. The molecular formula is C24H31N5O. The van der Waals surface area contributed by atoms with Gasteiger partial charge in [0.05, 0.1) is 0 Å². The standard InChI is InChI=1S/C24H31N5O/c1-25-23(30)22-12-6-10-21(18-22)19-27-24(26-2)29-16-14-28(15-17-29)13-7-11-20-8-4-3-5-9-20/h3-12,18H,13-17,19H2,1-2H3,(H,25,30)(H,26,27)/b11-7+. The van der Waals surface area contributed by atoms with Crippen molar-refractivity contribution in [1.29, 1.82) is 0 Å². The van der Waals surface area contributed by atoms with Crippen molar-refractivity contribution in [2.75, 3.05) is 46.8 Å². The zero-order valence-corrected chi connectivity index (χ0v) is 17.8. The minimum atomic E-state index is -0.0707. The normalized spacial score (nSPS) is 15.4. The SMILES string of the molecule is CN=C(NCc1cccc(C(=O)NC)c1)N1CCN(C/C=C/c2ccccc2)CC1. The first-order chi connectivity index (χ1) is 14.7. The Bertz CT molecular complexity index is 870. The molecule has 30 heavy (non-hydrogen) atoms. The van der Waals surface area contributed by atoms with E-state index in [1.807, 2.05) is 37.4 Å². The third kappa shape index (κ3) is 6.19. The van der Waals surface area contributed by atoms with E-state index < -0.39 is 0 Å². The molecule has 1 amide bonds. The van der Waals surface area contributed by atoms with Crippen molar-refractivity contribution in [3.05, 3.63) is 77.4 Å². The number of piperazine rings is 1. The summed E-state index contributed by atoms with van der Waals surface area (Å²) in [6.45, 7) is 5.49. The smallest absolute Gasteiger partial charge is 0.251 e. The van der Waals surface area contributed by atoms with Crippen LogP contribution in [0.1, 0.15) is 21.5 Å². The van der Waals surface area contributed by atoms with Crippen LogP contribution in [0.3, 0.4) is 0 Å². The molecule has 2 N–H and O–H groups in total. The van der Waals surface area contributed by atoms with Gasteiger partial charge < -0.3 is 15.5 Å². The Balaban J connectivity index is 1.46. The molecule has 1 heterocycles. The summed E-state index contributed by atoms with van der Waals surface area (Å²) in [5.41, 5.74) is 2.96. The number of nitrogens with zero attached hydrogens (tertiary/aromatic N) is 3. The van der Waals surface area contributed by atoms with Crippen molar-refractivity contribution >= 4 is 17.9 Å². The lowest BCUT2D eigenvalue weighted by molar-refractivity contribution is 0.0963. The Morgan fingerprint density at radius 3 is 2.53 bits per heavy atom. The second kappa shape index (κ2) is 11.2. The minimum Gasteiger partial charge on any atom is -0.355 e. The van der Waals surface area contributed by atoms with Crippen LogP contribution in [0.5, 0.6) is 0 Å². The molecule has 158 valence electrons. The summed E-state index contributed by atoms with van der Waals surface area (Å²) in [4.78, 5) is 21.0. The molecule has 0 aliphatic carbocycles. The maximum Gasteiger partial charge on any atom is 0.251 e. The van der Waals surface area contributed by atoms with Crippen LogP contribution in [0, 0.1) is 0 Å². The first-order valence-corrected chi connectivity index (χ1v) is 10.4. The maximum atomic E-state index is 11.8. The molecule has 0 atom stereocenters. The number of nitrogens with one attached hydrogen (secondary N) is 2. The van der Waals surface area contributed by atoms with Crippen molar-refractivity contribution < 1.29 is 4.79 Å². The molecule has 2 aromatic carbocycles. The number of hydrogen-bond acceptors (Lipinski definition) is 3. The van der Waals surface area contributed by atoms with Crippen LogP contribution in [-0.2, 0) is 6.54 Å². The lowest BCUT2D eigenvalue weighted by Crippen LogP contribution is -2.52. The molecule has 0 aromatic heterocycles. The fourth-order valence-electron chi connectivity index (χ4n) is 3.52. The molecule has 0 radical (unpaired) electrons. The van der Waals surface area contributed by atoms with E-state index in [2.05, 4.69) is 61.8 Å². The van der Waals surface area contributed by atoms with Crippen LogP contribution in [0.2, 0.25) is 0 Å². The molecular weight excluding hydrogens is 374 g/mol. The average molecular weight is 406 g/mol. The van der Waals surface area contributed by atoms with Crippen LogP contribution in [-0.4, -0.2) is 68.5 Å². The van der Waals surface area contributed by atoms with Crippen LogP contribution < -0.4 is 10.6 Å². The molecule has 1 fully saturated rings. The number of aliphatic imine (C=N–C) groups is 1. The molecule has 6 nitrogen and oxygen atoms in total. The average Bonchev–Trinajstić information content (AvgIpc) is 2.81. The minimum absolute atomic E-state index is 0.0707. The summed E-state index contributed by atoms with van der Waals surface area (Å²) < 4.78 is 0. The van der Waals surface area contributed by atoms with Crippen molar-refractivity contribution in [3.8, 4) is 0 Å². The predicted octanol–water partition coefficient (Wildman–Crippen LogP) is 2.45. The monoisotopic (exact) mass is 405 g/mol. The summed E-state index contributed by atoms with van der Waals surface area (Å²) in [7, 11) is 3.46. The molecule has 3 rings (SSSR count). The molecule has 1 aliphatic rings. The van der Waals surface area contributed by atoms with Crippen LogP contribution >= 0.6 is 0 Å². The molecule has 1 aliphatic heterocycles. The van der Waals surface area contributed by atoms with Gasteiger partial charge in [-0.15, -0.1) is 0 Å². The number of rotatable bonds is 6. The number of hydrogen-bond donors (Lipinski definition) is 2. The Hall–Kier alpha value is -3.12. The second-order valence-corrected chi connectivity index (χ2v) is 7.28. The summed E-state index contributed by atoms with van der Waals surface area (Å²) in [5, 5.41) is 6.09. The van der Waals surface area contributed by atoms with Gasteiger partial charge in [0.25, 0.3) is 5.91 Å². The van der Waals surface area contributed by atoms with E-state index in [0.29, 0.717) is 12.1 Å². The van der Waals surface area contributed by atoms with Gasteiger partial charge in [-0.25, -0.2) is 0 Å². The lowest BCUT2D eigenvalue weighted by Gasteiger charge is -2.36. The van der Waals surface area contributed by atoms with Crippen molar-refractivity contribution in [3.63, 3.8) is 0 Å². The first-order valence-electron chi connectivity index (χ1n) is 10.4. The number of carbonyl (C=O) groups excluding carboxylic acids is 1. The quantitative estimate of drug-likeness (QED) is 0.573. The number of carbonyl (C=O) groups is 1. The predicted molar refractivity (Wildman–Crippen MR) is 124 cm³/mol. The Morgan fingerprint density at radius 1 is 1.07 bits per heavy atom. The largest absolute Gasteiger partial charge is 0.355 e. The van der Waals surface area contributed by atoms with Gasteiger partial charge in [0.1, 0.15) is 0 Å². The van der Waals surface area contributed by atoms with Gasteiger partial charge in [-0.1, -0.05) is 54.6 Å². The third-order valence-electron chi connectivity index (χ3n) is 5.22. The van der Waals surface area contributed by atoms with Crippen LogP contribution in [0.15, 0.2) is 65.7 Å². The highest BCUT2D eigenvalue weighted by atomic mass is 16.1. The van der Waals surface area contributed by atoms with Gasteiger partial charge >= 0.3 is 0 Å². The Morgan fingerprint density at radius 2 is 1.83 bits per heavy atom. The maximum absolute atomic E-state index is 11.8. The van der Waals surface area contributed by atoms with Gasteiger partial charge in [-0.05, 0) is 23.3 Å². The fraction of sp³-hybridized carbons (Fsp3) is 0.333. The van der Waals surface area contributed by atoms with E-state index in [1.165, 1.54) is 5.56 Å². The summed E-state index contributed by atoms with van der Waals surface area (Å²) in [6, 6.07) is 18.1. The van der Waals surface area contributed by atoms with E-state index >= 15 is 0 Å². The topological polar surface area (TPSA) is 60.0 Å². The highest BCUT2D eigenvalue weighted by molar-refractivity contribution is 5.94. The van der Waals surface area contributed by atoms with Gasteiger partial charge in [0, 0.05) is 58.9 Å². The Labute approximate surface area is 179 Å². The Kier molecular flexibility index (Phi) is 8.03. The van der Waals surface area contributed by atoms with Gasteiger partial charge in [-0.2, -0.15) is 0 Å².